The van der Waals surface area contributed by atoms with E-state index in [0.29, 0.717) is 30.2 Å². The Morgan fingerprint density at radius 1 is 0.957 bits per heavy atom. The number of unbranched alkanes of at least 4 members (excludes halogenated alkanes) is 2. The number of amides is 3. The average Bonchev–Trinajstić information content (AvgIpc) is 3.47. The van der Waals surface area contributed by atoms with E-state index < -0.39 is 53.6 Å². The van der Waals surface area contributed by atoms with Crippen molar-refractivity contribution in [3.05, 3.63) is 89.5 Å². The van der Waals surface area contributed by atoms with Crippen LogP contribution in [0.2, 0.25) is 5.02 Å². The number of likely N-dealkylation sites (N-methyl/N-ethyl adjacent to an activating group) is 1. The Labute approximate surface area is 281 Å². The minimum absolute atomic E-state index is 0.0786. The summed E-state index contributed by atoms with van der Waals surface area (Å²) in [6.07, 6.45) is 9.08. The lowest BCUT2D eigenvalue weighted by molar-refractivity contribution is -0.163. The Balaban J connectivity index is 1.47. The minimum atomic E-state index is -1.45. The highest BCUT2D eigenvalue weighted by Gasteiger charge is 2.72. The molecule has 4 heterocycles. The molecule has 0 unspecified atom stereocenters. The predicted octanol–water partition coefficient (Wildman–Crippen LogP) is 5.50. The third-order valence-corrected chi connectivity index (χ3v) is 10.4. The smallest absolute Gasteiger partial charge is 0.313 e. The molecule has 4 aliphatic rings. The summed E-state index contributed by atoms with van der Waals surface area (Å²) in [6.45, 7) is 4.85. The number of hydrogen-bond donors (Lipinski definition) is 0. The minimum Gasteiger partial charge on any atom is -0.455 e. The van der Waals surface area contributed by atoms with Gasteiger partial charge >= 0.3 is 5.97 Å². The van der Waals surface area contributed by atoms with Crippen LogP contribution in [0.4, 0.5) is 5.69 Å². The molecule has 2 fully saturated rings. The van der Waals surface area contributed by atoms with E-state index in [0.717, 1.165) is 24.8 Å². The van der Waals surface area contributed by atoms with Crippen molar-refractivity contribution in [2.75, 3.05) is 25.0 Å². The highest BCUT2D eigenvalue weighted by Crippen LogP contribution is 2.55. The maximum atomic E-state index is 14.8. The molecule has 2 aromatic rings. The Kier molecular flexibility index (Phi) is 9.58. The van der Waals surface area contributed by atoms with Gasteiger partial charge in [0, 0.05) is 26.6 Å². The third kappa shape index (κ3) is 5.89. The fraction of sp³-hybridized carbons (Fsp3) is 0.459. The van der Waals surface area contributed by atoms with Crippen LogP contribution in [-0.2, 0) is 28.7 Å². The molecule has 4 aliphatic heterocycles. The van der Waals surface area contributed by atoms with E-state index in [1.54, 1.807) is 47.2 Å². The first-order valence-electron chi connectivity index (χ1n) is 16.6. The van der Waals surface area contributed by atoms with Crippen LogP contribution in [0.3, 0.4) is 0 Å². The molecule has 2 aromatic carbocycles. The maximum Gasteiger partial charge on any atom is 0.313 e. The quantitative estimate of drug-likeness (QED) is 0.231. The molecule has 3 amide bonds. The van der Waals surface area contributed by atoms with Crippen molar-refractivity contribution in [3.8, 4) is 0 Å². The number of carbonyl (C=O) groups is 4. The van der Waals surface area contributed by atoms with Crippen LogP contribution in [0.25, 0.3) is 0 Å². The number of rotatable bonds is 6. The van der Waals surface area contributed by atoms with E-state index in [2.05, 4.69) is 6.92 Å². The van der Waals surface area contributed by atoms with Gasteiger partial charge < -0.3 is 19.3 Å². The summed E-state index contributed by atoms with van der Waals surface area (Å²) in [5.41, 5.74) is -0.332. The van der Waals surface area contributed by atoms with Crippen LogP contribution in [0.1, 0.15) is 57.6 Å². The molecule has 9 nitrogen and oxygen atoms in total. The number of fused-ring (bicyclic) bond motifs is 2. The van der Waals surface area contributed by atoms with E-state index in [1.807, 2.05) is 55.5 Å². The van der Waals surface area contributed by atoms with Crippen LogP contribution < -0.4 is 4.90 Å². The standard InChI is InChI=1S/C37H42ClN3O6/c1-4-5-13-22-40-23-14-21-37-31(34(43)41(33(37)35(40)44)27-18-10-9-17-26(27)38)30-28(47-37)19-11-12-20-29(42)39(3)24(2)32(46-36(30)45)25-15-7-6-8-16-25/h6-11,14-19,21,24,28,30-33H,4-5,12-13,20,22-23H2,1-3H3/b19-11+/t24-,28-,30+,31+,32+,33-,37+/m1/s1. The molecular formula is C37H42ClN3O6. The first-order valence-corrected chi connectivity index (χ1v) is 17.0. The van der Waals surface area contributed by atoms with Crippen LogP contribution in [0, 0.1) is 11.8 Å². The SMILES string of the molecule is CCCCCN1CC=C[C@]23O[C@@H]4/C=C/CCC(=O)N(C)[C@H](C)[C@@H](c5ccccc5)OC(=O)[C@@H]4[C@H]2C(=O)N(c2ccccc2Cl)[C@@H]3C1=O. The first kappa shape index (κ1) is 33.0. The lowest BCUT2D eigenvalue weighted by Crippen LogP contribution is -2.55. The number of anilines is 1. The fourth-order valence-corrected chi connectivity index (χ4v) is 7.73. The van der Waals surface area contributed by atoms with Gasteiger partial charge in [0.15, 0.2) is 0 Å². The van der Waals surface area contributed by atoms with Crippen LogP contribution in [0.5, 0.6) is 0 Å². The normalized spacial score (nSPS) is 31.8. The van der Waals surface area contributed by atoms with E-state index in [1.165, 1.54) is 4.90 Å². The van der Waals surface area contributed by atoms with Crippen LogP contribution in [0.15, 0.2) is 78.9 Å². The number of nitrogens with zero attached hydrogens (tertiary/aromatic N) is 3. The topological polar surface area (TPSA) is 96.5 Å². The molecule has 248 valence electrons. The molecule has 10 heteroatoms. The van der Waals surface area contributed by atoms with Gasteiger partial charge in [-0.05, 0) is 37.5 Å². The molecule has 0 aliphatic carbocycles. The molecule has 2 saturated heterocycles. The predicted molar refractivity (Wildman–Crippen MR) is 178 cm³/mol. The van der Waals surface area contributed by atoms with Gasteiger partial charge in [-0.2, -0.15) is 0 Å². The van der Waals surface area contributed by atoms with Gasteiger partial charge in [-0.3, -0.25) is 24.1 Å². The van der Waals surface area contributed by atoms with Gasteiger partial charge in [0.2, 0.25) is 17.7 Å². The number of halogens is 1. The van der Waals surface area contributed by atoms with E-state index in [-0.39, 0.29) is 18.2 Å². The van der Waals surface area contributed by atoms with Crippen molar-refractivity contribution in [1.29, 1.82) is 0 Å². The van der Waals surface area contributed by atoms with Gasteiger partial charge in [-0.25, -0.2) is 0 Å². The largest absolute Gasteiger partial charge is 0.455 e. The zero-order valence-corrected chi connectivity index (χ0v) is 27.8. The number of cyclic esters (lactones) is 1. The van der Waals surface area contributed by atoms with Gasteiger partial charge in [-0.1, -0.05) is 98.1 Å². The number of ether oxygens (including phenoxy) is 2. The molecule has 0 radical (unpaired) electrons. The van der Waals surface area contributed by atoms with Gasteiger partial charge in [0.1, 0.15) is 23.7 Å². The number of para-hydroxylation sites is 1. The fourth-order valence-electron chi connectivity index (χ4n) is 7.50. The second kappa shape index (κ2) is 13.6. The van der Waals surface area contributed by atoms with E-state index in [4.69, 9.17) is 21.1 Å². The Morgan fingerprint density at radius 2 is 1.70 bits per heavy atom. The van der Waals surface area contributed by atoms with Crippen molar-refractivity contribution in [2.24, 2.45) is 11.8 Å². The lowest BCUT2D eigenvalue weighted by Gasteiger charge is -2.35. The summed E-state index contributed by atoms with van der Waals surface area (Å²) in [4.78, 5) is 61.9. The molecular weight excluding hydrogens is 618 g/mol. The highest BCUT2D eigenvalue weighted by atomic mass is 35.5. The molecule has 1 spiro atoms. The number of carbonyl (C=O) groups excluding carboxylic acids is 4. The summed E-state index contributed by atoms with van der Waals surface area (Å²) < 4.78 is 13.2. The zero-order chi connectivity index (χ0) is 33.3. The van der Waals surface area contributed by atoms with Gasteiger partial charge in [-0.15, -0.1) is 0 Å². The van der Waals surface area contributed by atoms with Crippen molar-refractivity contribution < 1.29 is 28.7 Å². The maximum absolute atomic E-state index is 14.8. The second-order valence-corrected chi connectivity index (χ2v) is 13.3. The molecule has 47 heavy (non-hydrogen) atoms. The van der Waals surface area contributed by atoms with Crippen molar-refractivity contribution in [2.45, 2.75) is 75.8 Å². The van der Waals surface area contributed by atoms with E-state index >= 15 is 0 Å². The van der Waals surface area contributed by atoms with Crippen LogP contribution in [-0.4, -0.2) is 77.4 Å². The first-order chi connectivity index (χ1) is 22.7. The summed E-state index contributed by atoms with van der Waals surface area (Å²) in [7, 11) is 1.71. The number of esters is 1. The number of allylic oxidation sites excluding steroid dienone is 1. The summed E-state index contributed by atoms with van der Waals surface area (Å²) in [6, 6.07) is 14.7. The number of benzene rings is 2. The Hall–Kier alpha value is -3.95. The van der Waals surface area contributed by atoms with Gasteiger partial charge in [0.05, 0.1) is 28.8 Å². The molecule has 6 rings (SSSR count). The van der Waals surface area contributed by atoms with Crippen LogP contribution >= 0.6 is 11.6 Å². The summed E-state index contributed by atoms with van der Waals surface area (Å²) in [5.74, 6) is -3.49. The zero-order valence-electron chi connectivity index (χ0n) is 27.1. The monoisotopic (exact) mass is 659 g/mol. The molecule has 0 saturated carbocycles. The second-order valence-electron chi connectivity index (χ2n) is 12.9. The average molecular weight is 660 g/mol. The Bertz CT molecular complexity index is 1580. The van der Waals surface area contributed by atoms with E-state index in [9.17, 15) is 19.2 Å². The lowest BCUT2D eigenvalue weighted by atomic mass is 9.77. The van der Waals surface area contributed by atoms with Crippen molar-refractivity contribution in [3.63, 3.8) is 0 Å². The van der Waals surface area contributed by atoms with Gasteiger partial charge in [0.25, 0.3) is 0 Å². The molecule has 0 aromatic heterocycles. The molecule has 0 bridgehead atoms. The van der Waals surface area contributed by atoms with Crippen molar-refractivity contribution in [1.82, 2.24) is 9.80 Å². The summed E-state index contributed by atoms with van der Waals surface area (Å²) in [5, 5.41) is 0.318. The molecule has 7 atom stereocenters. The Morgan fingerprint density at radius 3 is 2.45 bits per heavy atom. The highest BCUT2D eigenvalue weighted by molar-refractivity contribution is 6.34. The van der Waals surface area contributed by atoms with Crippen molar-refractivity contribution >= 4 is 41.0 Å². The number of hydrogen-bond acceptors (Lipinski definition) is 6. The summed E-state index contributed by atoms with van der Waals surface area (Å²) >= 11 is 6.69. The molecule has 0 N–H and O–H groups in total. The third-order valence-electron chi connectivity index (χ3n) is 10.1.